The molecule has 0 N–H and O–H groups in total. The van der Waals surface area contributed by atoms with E-state index in [0.29, 0.717) is 6.54 Å². The molecule has 2 unspecified atom stereocenters. The predicted molar refractivity (Wildman–Crippen MR) is 76.2 cm³/mol. The van der Waals surface area contributed by atoms with Crippen LogP contribution in [0.3, 0.4) is 0 Å². The number of amides is 1. The number of esters is 1. The molecule has 5 heteroatoms. The van der Waals surface area contributed by atoms with E-state index in [-0.39, 0.29) is 23.8 Å². The van der Waals surface area contributed by atoms with Crippen LogP contribution in [0, 0.1) is 5.92 Å². The zero-order chi connectivity index (χ0) is 14.5. The fourth-order valence-corrected chi connectivity index (χ4v) is 3.25. The molecule has 0 aromatic heterocycles. The smallest absolute Gasteiger partial charge is 0.309 e. The van der Waals surface area contributed by atoms with E-state index in [1.54, 1.807) is 0 Å². The van der Waals surface area contributed by atoms with E-state index in [2.05, 4.69) is 4.90 Å². The summed E-state index contributed by atoms with van der Waals surface area (Å²) in [7, 11) is 1.43. The Kier molecular flexibility index (Phi) is 5.40. The van der Waals surface area contributed by atoms with Crippen molar-refractivity contribution >= 4 is 11.9 Å². The maximum atomic E-state index is 12.5. The average Bonchev–Trinajstić information content (AvgIpc) is 2.53. The largest absolute Gasteiger partial charge is 0.469 e. The fourth-order valence-electron chi connectivity index (χ4n) is 3.25. The molecule has 5 nitrogen and oxygen atoms in total. The second-order valence-corrected chi connectivity index (χ2v) is 5.92. The molecule has 2 aliphatic heterocycles. The Morgan fingerprint density at radius 2 is 1.80 bits per heavy atom. The highest BCUT2D eigenvalue weighted by Crippen LogP contribution is 2.21. The first-order chi connectivity index (χ1) is 9.63. The van der Waals surface area contributed by atoms with Crippen LogP contribution in [0.1, 0.15) is 39.0 Å². The van der Waals surface area contributed by atoms with Crippen LogP contribution < -0.4 is 0 Å². The van der Waals surface area contributed by atoms with Crippen LogP contribution >= 0.6 is 0 Å². The van der Waals surface area contributed by atoms with Gasteiger partial charge in [0.2, 0.25) is 5.91 Å². The van der Waals surface area contributed by atoms with Gasteiger partial charge in [0, 0.05) is 19.6 Å². The van der Waals surface area contributed by atoms with Gasteiger partial charge in [0.15, 0.2) is 0 Å². The molecule has 2 aliphatic rings. The van der Waals surface area contributed by atoms with E-state index in [1.807, 2.05) is 11.8 Å². The Morgan fingerprint density at radius 3 is 2.45 bits per heavy atom. The molecular weight excluding hydrogens is 256 g/mol. The third-order valence-corrected chi connectivity index (χ3v) is 4.56. The van der Waals surface area contributed by atoms with E-state index in [0.717, 1.165) is 45.3 Å². The van der Waals surface area contributed by atoms with Crippen LogP contribution in [-0.4, -0.2) is 61.0 Å². The number of hydrogen-bond acceptors (Lipinski definition) is 4. The molecule has 2 rings (SSSR count). The lowest BCUT2D eigenvalue weighted by atomic mass is 9.96. The molecule has 0 aromatic carbocycles. The third-order valence-electron chi connectivity index (χ3n) is 4.56. The zero-order valence-corrected chi connectivity index (χ0v) is 12.6. The lowest BCUT2D eigenvalue weighted by molar-refractivity contribution is -0.149. The number of methoxy groups -OCH3 is 1. The van der Waals surface area contributed by atoms with Crippen LogP contribution in [0.2, 0.25) is 0 Å². The van der Waals surface area contributed by atoms with Crippen molar-refractivity contribution in [1.29, 1.82) is 0 Å². The molecular formula is C15H26N2O3. The normalized spacial score (nSPS) is 26.1. The first-order valence-electron chi connectivity index (χ1n) is 7.74. The topological polar surface area (TPSA) is 49.9 Å². The summed E-state index contributed by atoms with van der Waals surface area (Å²) < 4.78 is 4.83. The van der Waals surface area contributed by atoms with Crippen molar-refractivity contribution in [2.75, 3.05) is 33.3 Å². The van der Waals surface area contributed by atoms with Crippen LogP contribution in [0.15, 0.2) is 0 Å². The summed E-state index contributed by atoms with van der Waals surface area (Å²) >= 11 is 0. The summed E-state index contributed by atoms with van der Waals surface area (Å²) in [5.41, 5.74) is 0. The Balaban J connectivity index is 1.92. The molecule has 2 fully saturated rings. The second kappa shape index (κ2) is 7.07. The number of piperidine rings is 2. The standard InChI is InChI=1S/C15H26N2O3/c1-12(14(18)16-8-4-3-5-9-16)17-10-6-7-13(11-17)15(19)20-2/h12-13H,3-11H2,1-2H3. The van der Waals surface area contributed by atoms with Gasteiger partial charge in [0.05, 0.1) is 19.1 Å². The lowest BCUT2D eigenvalue weighted by Crippen LogP contribution is -2.52. The Bertz CT molecular complexity index is 353. The summed E-state index contributed by atoms with van der Waals surface area (Å²) in [6.07, 6.45) is 5.28. The molecule has 2 atom stereocenters. The predicted octanol–water partition coefficient (Wildman–Crippen LogP) is 1.27. The van der Waals surface area contributed by atoms with Gasteiger partial charge in [-0.25, -0.2) is 0 Å². The highest BCUT2D eigenvalue weighted by molar-refractivity contribution is 5.81. The van der Waals surface area contributed by atoms with Gasteiger partial charge in [-0.1, -0.05) is 0 Å². The van der Waals surface area contributed by atoms with Gasteiger partial charge >= 0.3 is 5.97 Å². The lowest BCUT2D eigenvalue weighted by Gasteiger charge is -2.38. The third kappa shape index (κ3) is 3.51. The van der Waals surface area contributed by atoms with Gasteiger partial charge in [-0.15, -0.1) is 0 Å². The van der Waals surface area contributed by atoms with Gasteiger partial charge in [0.25, 0.3) is 0 Å². The second-order valence-electron chi connectivity index (χ2n) is 5.92. The minimum atomic E-state index is -0.146. The molecule has 20 heavy (non-hydrogen) atoms. The summed E-state index contributed by atoms with van der Waals surface area (Å²) in [5, 5.41) is 0. The van der Waals surface area contributed by atoms with Crippen LogP contribution in [-0.2, 0) is 14.3 Å². The molecule has 0 saturated carbocycles. The Labute approximate surface area is 121 Å². The SMILES string of the molecule is COC(=O)C1CCCN(C(C)C(=O)N2CCCCC2)C1. The first-order valence-corrected chi connectivity index (χ1v) is 7.74. The Hall–Kier alpha value is -1.10. The van der Waals surface area contributed by atoms with Crippen molar-refractivity contribution in [2.45, 2.75) is 45.1 Å². The van der Waals surface area contributed by atoms with Crippen molar-refractivity contribution in [1.82, 2.24) is 9.80 Å². The van der Waals surface area contributed by atoms with E-state index in [9.17, 15) is 9.59 Å². The van der Waals surface area contributed by atoms with Crippen molar-refractivity contribution < 1.29 is 14.3 Å². The summed E-state index contributed by atoms with van der Waals surface area (Å²) in [6, 6.07) is -0.124. The monoisotopic (exact) mass is 282 g/mol. The molecule has 1 amide bonds. The molecule has 0 bridgehead atoms. The maximum absolute atomic E-state index is 12.5. The fraction of sp³-hybridized carbons (Fsp3) is 0.867. The molecule has 0 aromatic rings. The van der Waals surface area contributed by atoms with Gasteiger partial charge in [-0.3, -0.25) is 14.5 Å². The molecule has 0 radical (unpaired) electrons. The highest BCUT2D eigenvalue weighted by Gasteiger charge is 2.33. The minimum Gasteiger partial charge on any atom is -0.469 e. The maximum Gasteiger partial charge on any atom is 0.309 e. The summed E-state index contributed by atoms with van der Waals surface area (Å²) in [5.74, 6) is -0.00658. The van der Waals surface area contributed by atoms with Gasteiger partial charge in [-0.2, -0.15) is 0 Å². The first kappa shape index (κ1) is 15.3. The highest BCUT2D eigenvalue weighted by atomic mass is 16.5. The van der Waals surface area contributed by atoms with Crippen LogP contribution in [0.4, 0.5) is 0 Å². The van der Waals surface area contributed by atoms with E-state index in [1.165, 1.54) is 13.5 Å². The minimum absolute atomic E-state index is 0.0784. The van der Waals surface area contributed by atoms with E-state index in [4.69, 9.17) is 4.74 Å². The molecule has 0 spiro atoms. The Morgan fingerprint density at radius 1 is 1.10 bits per heavy atom. The number of likely N-dealkylation sites (tertiary alicyclic amines) is 2. The van der Waals surface area contributed by atoms with Gasteiger partial charge in [-0.05, 0) is 45.6 Å². The van der Waals surface area contributed by atoms with Crippen molar-refractivity contribution in [3.8, 4) is 0 Å². The summed E-state index contributed by atoms with van der Waals surface area (Å²) in [4.78, 5) is 28.3. The van der Waals surface area contributed by atoms with Crippen LogP contribution in [0.5, 0.6) is 0 Å². The molecule has 0 aliphatic carbocycles. The average molecular weight is 282 g/mol. The van der Waals surface area contributed by atoms with Crippen molar-refractivity contribution in [3.63, 3.8) is 0 Å². The molecule has 2 saturated heterocycles. The number of carbonyl (C=O) groups excluding carboxylic acids is 2. The number of carbonyl (C=O) groups is 2. The number of ether oxygens (including phenoxy) is 1. The number of rotatable bonds is 3. The quantitative estimate of drug-likeness (QED) is 0.732. The molecule has 114 valence electrons. The van der Waals surface area contributed by atoms with Gasteiger partial charge in [0.1, 0.15) is 0 Å². The zero-order valence-electron chi connectivity index (χ0n) is 12.6. The molecule has 2 heterocycles. The number of hydrogen-bond donors (Lipinski definition) is 0. The van der Waals surface area contributed by atoms with E-state index >= 15 is 0 Å². The number of nitrogens with zero attached hydrogens (tertiary/aromatic N) is 2. The van der Waals surface area contributed by atoms with Crippen LogP contribution in [0.25, 0.3) is 0 Å². The summed E-state index contributed by atoms with van der Waals surface area (Å²) in [6.45, 7) is 5.28. The van der Waals surface area contributed by atoms with Crippen molar-refractivity contribution in [2.24, 2.45) is 5.92 Å². The van der Waals surface area contributed by atoms with Crippen molar-refractivity contribution in [3.05, 3.63) is 0 Å². The van der Waals surface area contributed by atoms with E-state index < -0.39 is 0 Å². The van der Waals surface area contributed by atoms with Gasteiger partial charge < -0.3 is 9.64 Å².